The highest BCUT2D eigenvalue weighted by Crippen LogP contribution is 1.96. The maximum Gasteiger partial charge on any atom is 0.121 e. The van der Waals surface area contributed by atoms with Crippen molar-refractivity contribution in [1.82, 2.24) is 4.90 Å². The zero-order valence-corrected chi connectivity index (χ0v) is 8.08. The van der Waals surface area contributed by atoms with Crippen molar-refractivity contribution in [2.75, 3.05) is 32.8 Å². The van der Waals surface area contributed by atoms with Gasteiger partial charge in [0.2, 0.25) is 0 Å². The van der Waals surface area contributed by atoms with Gasteiger partial charge in [0.1, 0.15) is 6.29 Å². The van der Waals surface area contributed by atoms with Gasteiger partial charge in [0, 0.05) is 26.1 Å². The molecule has 0 saturated carbocycles. The summed E-state index contributed by atoms with van der Waals surface area (Å²) < 4.78 is 5.15. The van der Waals surface area contributed by atoms with E-state index in [9.17, 15) is 4.79 Å². The number of morpholine rings is 1. The molecule has 0 aromatic rings. The number of nitrogens with zero attached hydrogens (tertiary/aromatic N) is 1. The summed E-state index contributed by atoms with van der Waals surface area (Å²) in [7, 11) is 0. The fraction of sp³-hybridized carbons (Fsp3) is 0.889. The van der Waals surface area contributed by atoms with Crippen molar-refractivity contribution in [3.05, 3.63) is 0 Å². The number of hydrogen-bond acceptors (Lipinski definition) is 3. The average Bonchev–Trinajstić information content (AvgIpc) is 2.19. The molecule has 1 heterocycles. The molecule has 72 valence electrons. The second-order valence-corrected chi connectivity index (χ2v) is 2.41. The minimum atomic E-state index is 0.653. The van der Waals surface area contributed by atoms with E-state index in [2.05, 4.69) is 4.90 Å². The number of carbonyl (C=O) groups excluding carboxylic acids is 1. The van der Waals surface area contributed by atoms with Crippen LogP contribution in [0.25, 0.3) is 0 Å². The second kappa shape index (κ2) is 8.68. The van der Waals surface area contributed by atoms with Crippen molar-refractivity contribution >= 4 is 6.29 Å². The van der Waals surface area contributed by atoms with Crippen LogP contribution in [-0.2, 0) is 9.53 Å². The van der Waals surface area contributed by atoms with Crippen LogP contribution in [0, 0.1) is 0 Å². The van der Waals surface area contributed by atoms with E-state index in [0.29, 0.717) is 6.42 Å². The smallest absolute Gasteiger partial charge is 0.121 e. The Kier molecular flexibility index (Phi) is 8.39. The van der Waals surface area contributed by atoms with Gasteiger partial charge in [-0.25, -0.2) is 0 Å². The van der Waals surface area contributed by atoms with Gasteiger partial charge in [0.05, 0.1) is 13.2 Å². The Morgan fingerprint density at radius 1 is 1.33 bits per heavy atom. The highest BCUT2D eigenvalue weighted by molar-refractivity contribution is 5.49. The number of hydrogen-bond donors (Lipinski definition) is 0. The lowest BCUT2D eigenvalue weighted by atomic mass is 10.3. The van der Waals surface area contributed by atoms with Crippen molar-refractivity contribution in [2.45, 2.75) is 20.3 Å². The minimum absolute atomic E-state index is 0.653. The lowest BCUT2D eigenvalue weighted by molar-refractivity contribution is -0.108. The van der Waals surface area contributed by atoms with E-state index in [0.717, 1.165) is 39.1 Å². The van der Waals surface area contributed by atoms with E-state index in [1.807, 2.05) is 13.8 Å². The van der Waals surface area contributed by atoms with E-state index in [-0.39, 0.29) is 0 Å². The molecular weight excluding hydrogens is 154 g/mol. The van der Waals surface area contributed by atoms with Gasteiger partial charge in [-0.3, -0.25) is 4.90 Å². The molecule has 1 aliphatic heterocycles. The van der Waals surface area contributed by atoms with E-state index < -0.39 is 0 Å². The molecule has 0 radical (unpaired) electrons. The second-order valence-electron chi connectivity index (χ2n) is 2.41. The molecule has 0 aromatic heterocycles. The van der Waals surface area contributed by atoms with Gasteiger partial charge in [-0.1, -0.05) is 13.8 Å². The summed E-state index contributed by atoms with van der Waals surface area (Å²) in [5.74, 6) is 0. The molecule has 3 nitrogen and oxygen atoms in total. The Morgan fingerprint density at radius 2 is 1.92 bits per heavy atom. The van der Waals surface area contributed by atoms with Crippen molar-refractivity contribution in [2.24, 2.45) is 0 Å². The molecule has 0 atom stereocenters. The summed E-state index contributed by atoms with van der Waals surface area (Å²) in [6.07, 6.45) is 1.62. The van der Waals surface area contributed by atoms with Crippen LogP contribution < -0.4 is 0 Å². The van der Waals surface area contributed by atoms with Crippen LogP contribution in [0.15, 0.2) is 0 Å². The Balaban J connectivity index is 0.000000561. The van der Waals surface area contributed by atoms with Gasteiger partial charge in [-0.05, 0) is 0 Å². The number of rotatable bonds is 3. The molecule has 0 bridgehead atoms. The first-order valence-electron chi connectivity index (χ1n) is 4.67. The van der Waals surface area contributed by atoms with E-state index in [1.165, 1.54) is 0 Å². The molecule has 0 aliphatic carbocycles. The molecule has 1 rings (SSSR count). The molecular formula is C9H19NO2. The molecule has 12 heavy (non-hydrogen) atoms. The first kappa shape index (κ1) is 11.6. The maximum absolute atomic E-state index is 9.99. The van der Waals surface area contributed by atoms with Crippen LogP contribution in [0.5, 0.6) is 0 Å². The third-order valence-corrected chi connectivity index (χ3v) is 1.67. The largest absolute Gasteiger partial charge is 0.379 e. The summed E-state index contributed by atoms with van der Waals surface area (Å²) in [4.78, 5) is 12.2. The molecule has 1 saturated heterocycles. The van der Waals surface area contributed by atoms with E-state index >= 15 is 0 Å². The Labute approximate surface area is 74.7 Å². The fourth-order valence-electron chi connectivity index (χ4n) is 1.06. The number of ether oxygens (including phenoxy) is 1. The van der Waals surface area contributed by atoms with Gasteiger partial charge in [0.25, 0.3) is 0 Å². The average molecular weight is 173 g/mol. The van der Waals surface area contributed by atoms with Crippen molar-refractivity contribution in [3.63, 3.8) is 0 Å². The van der Waals surface area contributed by atoms with Crippen molar-refractivity contribution in [3.8, 4) is 0 Å². The lowest BCUT2D eigenvalue weighted by Crippen LogP contribution is -2.36. The predicted octanol–water partition coefficient (Wildman–Crippen LogP) is 0.934. The van der Waals surface area contributed by atoms with Gasteiger partial charge < -0.3 is 9.53 Å². The molecule has 0 aromatic carbocycles. The van der Waals surface area contributed by atoms with Crippen LogP contribution in [0.3, 0.4) is 0 Å². The SMILES string of the molecule is CC.O=CCCN1CCOCC1. The van der Waals surface area contributed by atoms with Crippen LogP contribution in [0.4, 0.5) is 0 Å². The third-order valence-electron chi connectivity index (χ3n) is 1.67. The summed E-state index contributed by atoms with van der Waals surface area (Å²) in [5, 5.41) is 0. The van der Waals surface area contributed by atoms with Gasteiger partial charge in [0.15, 0.2) is 0 Å². The highest BCUT2D eigenvalue weighted by atomic mass is 16.5. The molecule has 0 amide bonds. The van der Waals surface area contributed by atoms with Crippen LogP contribution >= 0.6 is 0 Å². The van der Waals surface area contributed by atoms with E-state index in [1.54, 1.807) is 0 Å². The highest BCUT2D eigenvalue weighted by Gasteiger charge is 2.08. The minimum Gasteiger partial charge on any atom is -0.379 e. The van der Waals surface area contributed by atoms with Crippen LogP contribution in [0.1, 0.15) is 20.3 Å². The molecule has 3 heteroatoms. The number of carbonyl (C=O) groups is 1. The molecule has 0 N–H and O–H groups in total. The molecule has 1 fully saturated rings. The zero-order chi connectivity index (χ0) is 9.23. The normalized spacial score (nSPS) is 17.8. The Hall–Kier alpha value is -0.410. The molecule has 0 unspecified atom stereocenters. The summed E-state index contributed by atoms with van der Waals surface area (Å²) in [6.45, 7) is 8.49. The van der Waals surface area contributed by atoms with Crippen LogP contribution in [0.2, 0.25) is 0 Å². The van der Waals surface area contributed by atoms with Gasteiger partial charge >= 0.3 is 0 Å². The Bertz CT molecular complexity index is 101. The number of aldehydes is 1. The predicted molar refractivity (Wildman–Crippen MR) is 49.3 cm³/mol. The third kappa shape index (κ3) is 5.27. The van der Waals surface area contributed by atoms with Crippen LogP contribution in [-0.4, -0.2) is 44.0 Å². The van der Waals surface area contributed by atoms with Gasteiger partial charge in [-0.2, -0.15) is 0 Å². The van der Waals surface area contributed by atoms with E-state index in [4.69, 9.17) is 4.74 Å². The van der Waals surface area contributed by atoms with Crippen molar-refractivity contribution in [1.29, 1.82) is 0 Å². The standard InChI is InChI=1S/C7H13NO2.C2H6/c9-5-1-2-8-3-6-10-7-4-8;1-2/h5H,1-4,6-7H2;1-2H3. The summed E-state index contributed by atoms with van der Waals surface area (Å²) in [5.41, 5.74) is 0. The summed E-state index contributed by atoms with van der Waals surface area (Å²) in [6, 6.07) is 0. The lowest BCUT2D eigenvalue weighted by Gasteiger charge is -2.25. The monoisotopic (exact) mass is 173 g/mol. The topological polar surface area (TPSA) is 29.5 Å². The fourth-order valence-corrected chi connectivity index (χ4v) is 1.06. The first-order chi connectivity index (χ1) is 5.93. The van der Waals surface area contributed by atoms with Crippen molar-refractivity contribution < 1.29 is 9.53 Å². The summed E-state index contributed by atoms with van der Waals surface area (Å²) >= 11 is 0. The zero-order valence-electron chi connectivity index (χ0n) is 8.08. The molecule has 1 aliphatic rings. The molecule has 0 spiro atoms. The maximum atomic E-state index is 9.99. The Morgan fingerprint density at radius 3 is 2.42 bits per heavy atom. The van der Waals surface area contributed by atoms with Gasteiger partial charge in [-0.15, -0.1) is 0 Å². The first-order valence-corrected chi connectivity index (χ1v) is 4.67. The quantitative estimate of drug-likeness (QED) is 0.595.